The van der Waals surface area contributed by atoms with Crippen LogP contribution in [-0.2, 0) is 6.42 Å². The molecule has 1 unspecified atom stereocenters. The zero-order valence-corrected chi connectivity index (χ0v) is 11.4. The number of rotatable bonds is 6. The molecule has 0 saturated heterocycles. The third-order valence-corrected chi connectivity index (χ3v) is 3.15. The highest BCUT2D eigenvalue weighted by molar-refractivity contribution is 5.74. The smallest absolute Gasteiger partial charge is 0.314 e. The van der Waals surface area contributed by atoms with Crippen LogP contribution in [-0.4, -0.2) is 22.7 Å². The summed E-state index contributed by atoms with van der Waals surface area (Å²) in [6.45, 7) is -0.138. The molecule has 0 aliphatic carbocycles. The zero-order chi connectivity index (χ0) is 15.2. The zero-order valence-electron chi connectivity index (χ0n) is 11.4. The number of para-hydroxylation sites is 1. The summed E-state index contributed by atoms with van der Waals surface area (Å²) in [5, 5.41) is 23.6. The van der Waals surface area contributed by atoms with Gasteiger partial charge in [-0.15, -0.1) is 0 Å². The Morgan fingerprint density at radius 1 is 1.19 bits per heavy atom. The molecule has 0 amide bonds. The van der Waals surface area contributed by atoms with E-state index in [9.17, 15) is 15.2 Å². The van der Waals surface area contributed by atoms with Crippen molar-refractivity contribution >= 4 is 17.1 Å². The number of hydrogen-bond donors (Lipinski definition) is 3. The molecule has 6 heteroatoms. The summed E-state index contributed by atoms with van der Waals surface area (Å²) in [4.78, 5) is 10.6. The summed E-state index contributed by atoms with van der Waals surface area (Å²) in [7, 11) is 0. The van der Waals surface area contributed by atoms with E-state index in [-0.39, 0.29) is 24.0 Å². The second-order valence-corrected chi connectivity index (χ2v) is 4.71. The van der Waals surface area contributed by atoms with Gasteiger partial charge in [0.1, 0.15) is 11.4 Å². The largest absolute Gasteiger partial charge is 0.394 e. The van der Waals surface area contributed by atoms with Crippen LogP contribution in [0, 0.1) is 10.1 Å². The van der Waals surface area contributed by atoms with E-state index in [4.69, 9.17) is 5.73 Å². The molecule has 0 saturated carbocycles. The summed E-state index contributed by atoms with van der Waals surface area (Å²) in [5.41, 5.74) is 6.94. The lowest BCUT2D eigenvalue weighted by molar-refractivity contribution is -0.383. The van der Waals surface area contributed by atoms with Gasteiger partial charge in [-0.1, -0.05) is 36.4 Å². The van der Waals surface area contributed by atoms with Crippen molar-refractivity contribution in [3.63, 3.8) is 0 Å². The van der Waals surface area contributed by atoms with Crippen LogP contribution in [0.5, 0.6) is 0 Å². The topological polar surface area (TPSA) is 101 Å². The Bertz CT molecular complexity index is 617. The van der Waals surface area contributed by atoms with Crippen LogP contribution in [0.4, 0.5) is 17.1 Å². The molecule has 0 bridgehead atoms. The third-order valence-electron chi connectivity index (χ3n) is 3.15. The number of anilines is 2. The predicted octanol–water partition coefficient (Wildman–Crippen LogP) is 2.19. The van der Waals surface area contributed by atoms with E-state index in [0.29, 0.717) is 12.1 Å². The molecule has 0 aliphatic rings. The first kappa shape index (κ1) is 14.8. The molecular weight excluding hydrogens is 270 g/mol. The first-order valence-electron chi connectivity index (χ1n) is 6.56. The number of benzene rings is 2. The van der Waals surface area contributed by atoms with Crippen molar-refractivity contribution < 1.29 is 10.0 Å². The highest BCUT2D eigenvalue weighted by atomic mass is 16.6. The molecule has 0 aromatic heterocycles. The van der Waals surface area contributed by atoms with E-state index in [1.807, 2.05) is 30.3 Å². The molecule has 0 heterocycles. The van der Waals surface area contributed by atoms with Gasteiger partial charge in [0.2, 0.25) is 0 Å². The Hall–Kier alpha value is -2.60. The lowest BCUT2D eigenvalue weighted by atomic mass is 10.1. The van der Waals surface area contributed by atoms with E-state index in [2.05, 4.69) is 5.32 Å². The molecule has 0 spiro atoms. The lowest BCUT2D eigenvalue weighted by Gasteiger charge is -2.18. The molecule has 21 heavy (non-hydrogen) atoms. The van der Waals surface area contributed by atoms with Crippen molar-refractivity contribution in [1.82, 2.24) is 0 Å². The van der Waals surface area contributed by atoms with E-state index in [0.717, 1.165) is 5.56 Å². The molecular formula is C15H17N3O3. The summed E-state index contributed by atoms with van der Waals surface area (Å²) < 4.78 is 0. The standard InChI is InChI=1S/C15H17N3O3/c16-13-7-4-8-14(15(13)18(20)21)17-12(10-19)9-11-5-2-1-3-6-11/h1-8,12,17,19H,9-10,16H2. The Labute approximate surface area is 122 Å². The van der Waals surface area contributed by atoms with Crippen LogP contribution in [0.3, 0.4) is 0 Å². The molecule has 2 aromatic rings. The van der Waals surface area contributed by atoms with Crippen LogP contribution >= 0.6 is 0 Å². The van der Waals surface area contributed by atoms with Crippen LogP contribution < -0.4 is 11.1 Å². The molecule has 4 N–H and O–H groups in total. The third kappa shape index (κ3) is 3.70. The first-order valence-corrected chi connectivity index (χ1v) is 6.56. The molecule has 2 aromatic carbocycles. The lowest BCUT2D eigenvalue weighted by Crippen LogP contribution is -2.26. The minimum Gasteiger partial charge on any atom is -0.394 e. The van der Waals surface area contributed by atoms with Crippen molar-refractivity contribution in [1.29, 1.82) is 0 Å². The molecule has 2 rings (SSSR count). The van der Waals surface area contributed by atoms with Crippen molar-refractivity contribution in [2.75, 3.05) is 17.7 Å². The summed E-state index contributed by atoms with van der Waals surface area (Å²) in [6.07, 6.45) is 0.559. The normalized spacial score (nSPS) is 11.9. The summed E-state index contributed by atoms with van der Waals surface area (Å²) in [5.74, 6) is 0. The summed E-state index contributed by atoms with van der Waals surface area (Å²) >= 11 is 0. The molecule has 0 fully saturated rings. The van der Waals surface area contributed by atoms with Gasteiger partial charge in [0.25, 0.3) is 0 Å². The van der Waals surface area contributed by atoms with Crippen LogP contribution in [0.15, 0.2) is 48.5 Å². The predicted molar refractivity (Wildman–Crippen MR) is 82.2 cm³/mol. The number of aliphatic hydroxyl groups is 1. The number of nitrogens with two attached hydrogens (primary N) is 1. The highest BCUT2D eigenvalue weighted by Gasteiger charge is 2.20. The molecule has 0 aliphatic heterocycles. The van der Waals surface area contributed by atoms with Crippen LogP contribution in [0.25, 0.3) is 0 Å². The number of aliphatic hydroxyl groups excluding tert-OH is 1. The highest BCUT2D eigenvalue weighted by Crippen LogP contribution is 2.31. The Kier molecular flexibility index (Phi) is 4.73. The average molecular weight is 287 g/mol. The van der Waals surface area contributed by atoms with Gasteiger partial charge < -0.3 is 16.2 Å². The van der Waals surface area contributed by atoms with Gasteiger partial charge in [-0.25, -0.2) is 0 Å². The molecule has 1 atom stereocenters. The number of hydrogen-bond acceptors (Lipinski definition) is 5. The Balaban J connectivity index is 2.19. The Morgan fingerprint density at radius 3 is 2.52 bits per heavy atom. The fourth-order valence-electron chi connectivity index (χ4n) is 2.16. The average Bonchev–Trinajstić information content (AvgIpc) is 2.47. The maximum atomic E-state index is 11.1. The van der Waals surface area contributed by atoms with E-state index >= 15 is 0 Å². The molecule has 0 radical (unpaired) electrons. The number of nitrogen functional groups attached to an aromatic ring is 1. The monoisotopic (exact) mass is 287 g/mol. The number of nitrogens with zero attached hydrogens (tertiary/aromatic N) is 1. The van der Waals surface area contributed by atoms with Gasteiger partial charge in [-0.2, -0.15) is 0 Å². The second kappa shape index (κ2) is 6.71. The van der Waals surface area contributed by atoms with Crippen molar-refractivity contribution in [2.45, 2.75) is 12.5 Å². The number of nitro groups is 1. The van der Waals surface area contributed by atoms with E-state index < -0.39 is 4.92 Å². The first-order chi connectivity index (χ1) is 10.1. The van der Waals surface area contributed by atoms with Gasteiger partial charge in [-0.05, 0) is 24.1 Å². The maximum Gasteiger partial charge on any atom is 0.314 e. The number of nitrogens with one attached hydrogen (secondary N) is 1. The van der Waals surface area contributed by atoms with Crippen molar-refractivity contribution in [3.05, 3.63) is 64.2 Å². The second-order valence-electron chi connectivity index (χ2n) is 4.71. The molecule has 110 valence electrons. The van der Waals surface area contributed by atoms with Crippen LogP contribution in [0.1, 0.15) is 5.56 Å². The van der Waals surface area contributed by atoms with Gasteiger partial charge in [0.15, 0.2) is 0 Å². The van der Waals surface area contributed by atoms with Crippen LogP contribution in [0.2, 0.25) is 0 Å². The fourth-order valence-corrected chi connectivity index (χ4v) is 2.16. The number of nitro benzene ring substituents is 1. The summed E-state index contributed by atoms with van der Waals surface area (Å²) in [6, 6.07) is 14.0. The maximum absolute atomic E-state index is 11.1. The fraction of sp³-hybridized carbons (Fsp3) is 0.200. The van der Waals surface area contributed by atoms with E-state index in [1.165, 1.54) is 6.07 Å². The minimum absolute atomic E-state index is 0.0985. The van der Waals surface area contributed by atoms with Gasteiger partial charge in [0, 0.05) is 0 Å². The quantitative estimate of drug-likeness (QED) is 0.429. The Morgan fingerprint density at radius 2 is 1.90 bits per heavy atom. The minimum atomic E-state index is -0.519. The van der Waals surface area contributed by atoms with Gasteiger partial charge in [-0.3, -0.25) is 10.1 Å². The SMILES string of the molecule is Nc1cccc(NC(CO)Cc2ccccc2)c1[N+](=O)[O-]. The van der Waals surface area contributed by atoms with Crippen molar-refractivity contribution in [3.8, 4) is 0 Å². The van der Waals surface area contributed by atoms with Gasteiger partial charge in [0.05, 0.1) is 17.6 Å². The van der Waals surface area contributed by atoms with Gasteiger partial charge >= 0.3 is 5.69 Å². The van der Waals surface area contributed by atoms with E-state index in [1.54, 1.807) is 12.1 Å². The molecule has 6 nitrogen and oxygen atoms in total. The van der Waals surface area contributed by atoms with Crippen molar-refractivity contribution in [2.24, 2.45) is 0 Å².